The first-order chi connectivity index (χ1) is 9.83. The molecule has 0 bridgehead atoms. The Morgan fingerprint density at radius 1 is 1.14 bits per heavy atom. The van der Waals surface area contributed by atoms with Gasteiger partial charge >= 0.3 is 0 Å². The van der Waals surface area contributed by atoms with Gasteiger partial charge in [-0.25, -0.2) is 0 Å². The van der Waals surface area contributed by atoms with Crippen molar-refractivity contribution in [2.24, 2.45) is 0 Å². The molecule has 2 aromatic rings. The van der Waals surface area contributed by atoms with Gasteiger partial charge in [0.2, 0.25) is 5.88 Å². The number of halogens is 1. The monoisotopic (exact) mass is 305 g/mol. The molecule has 2 rings (SSSR count). The number of nitrogens with one attached hydrogen (secondary N) is 1. The lowest BCUT2D eigenvalue weighted by Crippen LogP contribution is -2.35. The minimum absolute atomic E-state index is 0.0533. The normalized spacial score (nSPS) is 11.5. The second-order valence-electron chi connectivity index (χ2n) is 5.98. The molecule has 1 aromatic heterocycles. The van der Waals surface area contributed by atoms with E-state index in [1.54, 1.807) is 6.07 Å². The van der Waals surface area contributed by atoms with Gasteiger partial charge in [0.05, 0.1) is 5.69 Å². The molecule has 0 amide bonds. The summed E-state index contributed by atoms with van der Waals surface area (Å²) in [5.74, 6) is 1.17. The van der Waals surface area contributed by atoms with Crippen LogP contribution in [0.3, 0.4) is 0 Å². The molecule has 0 aliphatic heterocycles. The summed E-state index contributed by atoms with van der Waals surface area (Å²) in [5, 5.41) is 12.3. The summed E-state index contributed by atoms with van der Waals surface area (Å²) >= 11 is 5.99. The zero-order chi connectivity index (χ0) is 15.5. The van der Waals surface area contributed by atoms with Crippen molar-refractivity contribution in [3.63, 3.8) is 0 Å². The van der Waals surface area contributed by atoms with Gasteiger partial charge in [-0.15, -0.1) is 5.10 Å². The SMILES string of the molecule is Cc1cc(Oc2ccc(CNC(C)(C)C)nn2)ccc1Cl. The van der Waals surface area contributed by atoms with Gasteiger partial charge in [0.25, 0.3) is 0 Å². The first-order valence-electron chi connectivity index (χ1n) is 6.85. The predicted octanol–water partition coefficient (Wildman–Crippen LogP) is 4.12. The predicted molar refractivity (Wildman–Crippen MR) is 84.9 cm³/mol. The van der Waals surface area contributed by atoms with Crippen LogP contribution in [-0.2, 0) is 6.54 Å². The van der Waals surface area contributed by atoms with Crippen molar-refractivity contribution in [2.45, 2.75) is 39.8 Å². The molecule has 1 heterocycles. The lowest BCUT2D eigenvalue weighted by molar-refractivity contribution is 0.416. The maximum absolute atomic E-state index is 5.99. The molecular formula is C16H20ClN3O. The molecule has 0 radical (unpaired) electrons. The maximum Gasteiger partial charge on any atom is 0.238 e. The van der Waals surface area contributed by atoms with E-state index in [1.165, 1.54) is 0 Å². The summed E-state index contributed by atoms with van der Waals surface area (Å²) in [5.41, 5.74) is 1.90. The smallest absolute Gasteiger partial charge is 0.238 e. The van der Waals surface area contributed by atoms with E-state index in [0.29, 0.717) is 18.2 Å². The van der Waals surface area contributed by atoms with Crippen molar-refractivity contribution in [2.75, 3.05) is 0 Å². The third-order valence-corrected chi connectivity index (χ3v) is 3.27. The van der Waals surface area contributed by atoms with Gasteiger partial charge in [-0.1, -0.05) is 11.6 Å². The molecule has 0 atom stereocenters. The van der Waals surface area contributed by atoms with Gasteiger partial charge in [0, 0.05) is 23.2 Å². The van der Waals surface area contributed by atoms with Gasteiger partial charge in [0.1, 0.15) is 5.75 Å². The molecule has 0 aliphatic carbocycles. The van der Waals surface area contributed by atoms with Crippen molar-refractivity contribution in [3.8, 4) is 11.6 Å². The van der Waals surface area contributed by atoms with Gasteiger partial charge < -0.3 is 10.1 Å². The fraction of sp³-hybridized carbons (Fsp3) is 0.375. The molecule has 0 saturated heterocycles. The summed E-state index contributed by atoms with van der Waals surface area (Å²) in [6.07, 6.45) is 0. The average Bonchev–Trinajstić information content (AvgIpc) is 2.41. The lowest BCUT2D eigenvalue weighted by Gasteiger charge is -2.19. The minimum atomic E-state index is 0.0533. The molecule has 0 saturated carbocycles. The zero-order valence-electron chi connectivity index (χ0n) is 12.8. The van der Waals surface area contributed by atoms with E-state index in [0.717, 1.165) is 16.3 Å². The van der Waals surface area contributed by atoms with Crippen LogP contribution in [0.2, 0.25) is 5.02 Å². The minimum Gasteiger partial charge on any atom is -0.438 e. The number of rotatable bonds is 4. The van der Waals surface area contributed by atoms with E-state index in [2.05, 4.69) is 36.3 Å². The number of aromatic nitrogens is 2. The van der Waals surface area contributed by atoms with Gasteiger partial charge in [-0.2, -0.15) is 5.10 Å². The highest BCUT2D eigenvalue weighted by Crippen LogP contribution is 2.24. The number of benzene rings is 1. The summed E-state index contributed by atoms with van der Waals surface area (Å²) in [7, 11) is 0. The Morgan fingerprint density at radius 3 is 2.48 bits per heavy atom. The summed E-state index contributed by atoms with van der Waals surface area (Å²) in [6.45, 7) is 8.95. The van der Waals surface area contributed by atoms with Gasteiger partial charge in [-0.05, 0) is 57.5 Å². The molecule has 21 heavy (non-hydrogen) atoms. The summed E-state index contributed by atoms with van der Waals surface area (Å²) < 4.78 is 5.66. The van der Waals surface area contributed by atoms with Crippen LogP contribution in [0, 0.1) is 6.92 Å². The second-order valence-corrected chi connectivity index (χ2v) is 6.39. The standard InChI is InChI=1S/C16H20ClN3O/c1-11-9-13(6-7-14(11)17)21-15-8-5-12(19-20-15)10-18-16(2,3)4/h5-9,18H,10H2,1-4H3. The number of ether oxygens (including phenoxy) is 1. The average molecular weight is 306 g/mol. The number of hydrogen-bond donors (Lipinski definition) is 1. The van der Waals surface area contributed by atoms with E-state index in [-0.39, 0.29) is 5.54 Å². The highest BCUT2D eigenvalue weighted by Gasteiger charge is 2.09. The van der Waals surface area contributed by atoms with E-state index < -0.39 is 0 Å². The second kappa shape index (κ2) is 6.41. The van der Waals surface area contributed by atoms with Crippen molar-refractivity contribution in [3.05, 3.63) is 46.6 Å². The van der Waals surface area contributed by atoms with Crippen molar-refractivity contribution >= 4 is 11.6 Å². The zero-order valence-corrected chi connectivity index (χ0v) is 13.5. The van der Waals surface area contributed by atoms with Crippen LogP contribution in [0.25, 0.3) is 0 Å². The first-order valence-corrected chi connectivity index (χ1v) is 7.23. The lowest BCUT2D eigenvalue weighted by atomic mass is 10.1. The van der Waals surface area contributed by atoms with E-state index in [4.69, 9.17) is 16.3 Å². The molecule has 112 valence electrons. The Bertz CT molecular complexity index is 606. The molecule has 5 heteroatoms. The molecule has 0 fully saturated rings. The third-order valence-electron chi connectivity index (χ3n) is 2.85. The highest BCUT2D eigenvalue weighted by atomic mass is 35.5. The Kier molecular flexibility index (Phi) is 4.80. The van der Waals surface area contributed by atoms with Crippen molar-refractivity contribution < 1.29 is 4.74 Å². The number of aryl methyl sites for hydroxylation is 1. The van der Waals surface area contributed by atoms with Crippen LogP contribution in [0.5, 0.6) is 11.6 Å². The Morgan fingerprint density at radius 2 is 1.90 bits per heavy atom. The molecule has 0 aliphatic rings. The van der Waals surface area contributed by atoms with Crippen LogP contribution in [0.1, 0.15) is 32.0 Å². The fourth-order valence-corrected chi connectivity index (χ4v) is 1.77. The maximum atomic E-state index is 5.99. The van der Waals surface area contributed by atoms with Gasteiger partial charge in [0.15, 0.2) is 0 Å². The van der Waals surface area contributed by atoms with Crippen LogP contribution in [-0.4, -0.2) is 15.7 Å². The largest absolute Gasteiger partial charge is 0.438 e. The molecule has 4 nitrogen and oxygen atoms in total. The Labute approximate surface area is 130 Å². The highest BCUT2D eigenvalue weighted by molar-refractivity contribution is 6.31. The summed E-state index contributed by atoms with van der Waals surface area (Å²) in [4.78, 5) is 0. The third kappa shape index (κ3) is 4.99. The van der Waals surface area contributed by atoms with Crippen molar-refractivity contribution in [1.29, 1.82) is 0 Å². The molecule has 1 N–H and O–H groups in total. The molecule has 1 aromatic carbocycles. The fourth-order valence-electron chi connectivity index (χ4n) is 1.65. The first kappa shape index (κ1) is 15.7. The van der Waals surface area contributed by atoms with Crippen LogP contribution < -0.4 is 10.1 Å². The van der Waals surface area contributed by atoms with Gasteiger partial charge in [-0.3, -0.25) is 0 Å². The van der Waals surface area contributed by atoms with Crippen LogP contribution >= 0.6 is 11.6 Å². The number of nitrogens with zero attached hydrogens (tertiary/aromatic N) is 2. The molecule has 0 unspecified atom stereocenters. The van der Waals surface area contributed by atoms with E-state index >= 15 is 0 Å². The quantitative estimate of drug-likeness (QED) is 0.923. The Hall–Kier alpha value is -1.65. The number of hydrogen-bond acceptors (Lipinski definition) is 4. The summed E-state index contributed by atoms with van der Waals surface area (Å²) in [6, 6.07) is 9.22. The van der Waals surface area contributed by atoms with Crippen LogP contribution in [0.15, 0.2) is 30.3 Å². The van der Waals surface area contributed by atoms with E-state index in [1.807, 2.05) is 31.2 Å². The topological polar surface area (TPSA) is 47.0 Å². The molecule has 0 spiro atoms. The van der Waals surface area contributed by atoms with Crippen molar-refractivity contribution in [1.82, 2.24) is 15.5 Å². The van der Waals surface area contributed by atoms with Crippen LogP contribution in [0.4, 0.5) is 0 Å². The Balaban J connectivity index is 2.00. The van der Waals surface area contributed by atoms with E-state index in [9.17, 15) is 0 Å². The molecular weight excluding hydrogens is 286 g/mol.